The third kappa shape index (κ3) is 2.24. The van der Waals surface area contributed by atoms with Crippen LogP contribution in [0.5, 0.6) is 0 Å². The van der Waals surface area contributed by atoms with Gasteiger partial charge in [-0.1, -0.05) is 0 Å². The molecule has 3 heteroatoms. The lowest BCUT2D eigenvalue weighted by Gasteiger charge is -2.10. The van der Waals surface area contributed by atoms with Crippen LogP contribution in [0.15, 0.2) is 0 Å². The molecule has 0 aromatic carbocycles. The van der Waals surface area contributed by atoms with Crippen molar-refractivity contribution in [1.29, 1.82) is 10.7 Å². The van der Waals surface area contributed by atoms with Crippen molar-refractivity contribution in [3.8, 4) is 5.40 Å². The number of nitrogens with zero attached hydrogens (tertiary/aromatic N) is 1. The fourth-order valence-corrected chi connectivity index (χ4v) is 0.0791. The molecule has 0 aliphatic carbocycles. The number of hydrogen-bond donors (Lipinski definition) is 1. The van der Waals surface area contributed by atoms with Gasteiger partial charge in [-0.25, -0.2) is 0 Å². The molecule has 0 rings (SSSR count). The lowest BCUT2D eigenvalue weighted by molar-refractivity contribution is 1.56. The summed E-state index contributed by atoms with van der Waals surface area (Å²) in [5.74, 6) is 0. The van der Waals surface area contributed by atoms with Crippen molar-refractivity contribution >= 4 is 15.6 Å². The molecule has 0 bridgehead atoms. The zero-order chi connectivity index (χ0) is 5.91. The van der Waals surface area contributed by atoms with Crippen molar-refractivity contribution < 1.29 is 0 Å². The third-order valence-corrected chi connectivity index (χ3v) is 1.59. The van der Waals surface area contributed by atoms with Crippen molar-refractivity contribution in [2.24, 2.45) is 0 Å². The Morgan fingerprint density at radius 3 is 2.14 bits per heavy atom. The summed E-state index contributed by atoms with van der Waals surface area (Å²) in [6, 6.07) is 0. The lowest BCUT2D eigenvalue weighted by atomic mass is 11.7. The highest BCUT2D eigenvalue weighted by Gasteiger charge is 2.01. The maximum absolute atomic E-state index is 8.23. The van der Waals surface area contributed by atoms with Gasteiger partial charge in [0.25, 0.3) is 0 Å². The molecule has 0 radical (unpaired) electrons. The highest BCUT2D eigenvalue weighted by atomic mass is 32.3. The molecule has 40 valence electrons. The van der Waals surface area contributed by atoms with Gasteiger partial charge in [0, 0.05) is 5.55 Å². The molecular weight excluding hydrogens is 108 g/mol. The first-order valence-corrected chi connectivity index (χ1v) is 4.28. The molecule has 0 aliphatic rings. The molecule has 0 atom stereocenters. The Bertz CT molecular complexity index is 111. The Morgan fingerprint density at radius 2 is 2.14 bits per heavy atom. The van der Waals surface area contributed by atoms with E-state index < -0.39 is 10.0 Å². The summed E-state index contributed by atoms with van der Waals surface area (Å²) < 4.78 is 0. The van der Waals surface area contributed by atoms with Gasteiger partial charge >= 0.3 is 0 Å². The smallest absolute Gasteiger partial charge is 0.118 e. The van der Waals surface area contributed by atoms with Crippen LogP contribution in [0.25, 0.3) is 0 Å². The highest BCUT2D eigenvalue weighted by molar-refractivity contribution is 8.46. The largest absolute Gasteiger partial charge is 0.303 e. The molecular formula is C4H8N2S. The first-order valence-electron chi connectivity index (χ1n) is 1.77. The summed E-state index contributed by atoms with van der Waals surface area (Å²) in [6.45, 7) is 0. The minimum Gasteiger partial charge on any atom is -0.303 e. The quantitative estimate of drug-likeness (QED) is 0.311. The maximum Gasteiger partial charge on any atom is 0.118 e. The second-order valence-corrected chi connectivity index (χ2v) is 4.84. The summed E-state index contributed by atoms with van der Waals surface area (Å²) in [5, 5.41) is 17.0. The van der Waals surface area contributed by atoms with Crippen molar-refractivity contribution in [2.75, 3.05) is 12.5 Å². The van der Waals surface area contributed by atoms with Crippen LogP contribution in [0.1, 0.15) is 0 Å². The molecule has 0 heterocycles. The summed E-state index contributed by atoms with van der Waals surface area (Å²) in [5.41, 5.74) is 1.22. The van der Waals surface area contributed by atoms with Gasteiger partial charge in [-0.2, -0.15) is 5.26 Å². The molecule has 0 fully saturated rings. The summed E-state index contributed by atoms with van der Waals surface area (Å²) in [4.78, 5) is 0. The van der Waals surface area contributed by atoms with Crippen LogP contribution in [0.3, 0.4) is 0 Å². The maximum atomic E-state index is 8.23. The zero-order valence-corrected chi connectivity index (χ0v) is 5.25. The van der Waals surface area contributed by atoms with E-state index in [1.54, 1.807) is 12.5 Å². The molecule has 2 nitrogen and oxygen atoms in total. The predicted octanol–water partition coefficient (Wildman–Crippen LogP) is 1.14. The Hall–Kier alpha value is -0.490. The van der Waals surface area contributed by atoms with E-state index in [4.69, 9.17) is 10.7 Å². The second-order valence-electron chi connectivity index (χ2n) is 1.61. The Kier molecular flexibility index (Phi) is 1.85. The van der Waals surface area contributed by atoms with Crippen LogP contribution in [0, 0.1) is 16.1 Å². The van der Waals surface area contributed by atoms with E-state index in [-0.39, 0.29) is 0 Å². The molecule has 1 N–H and O–H groups in total. The zero-order valence-electron chi connectivity index (χ0n) is 4.43. The molecule has 0 aromatic heterocycles. The van der Waals surface area contributed by atoms with Crippen molar-refractivity contribution in [3.63, 3.8) is 0 Å². The molecule has 0 saturated carbocycles. The first kappa shape index (κ1) is 6.51. The van der Waals surface area contributed by atoms with Gasteiger partial charge < -0.3 is 5.41 Å². The highest BCUT2D eigenvalue weighted by Crippen LogP contribution is 2.32. The molecule has 0 unspecified atom stereocenters. The topological polar surface area (TPSA) is 47.6 Å². The Labute approximate surface area is 45.0 Å². The van der Waals surface area contributed by atoms with Crippen LogP contribution < -0.4 is 0 Å². The van der Waals surface area contributed by atoms with Crippen LogP contribution >= 0.6 is 10.0 Å². The van der Waals surface area contributed by atoms with Crippen LogP contribution in [-0.2, 0) is 0 Å². The molecule has 0 spiro atoms. The van der Waals surface area contributed by atoms with Gasteiger partial charge in [-0.15, -0.1) is 10.0 Å². The van der Waals surface area contributed by atoms with Crippen molar-refractivity contribution in [3.05, 3.63) is 0 Å². The summed E-state index contributed by atoms with van der Waals surface area (Å²) in [6.07, 6.45) is 3.56. The average molecular weight is 116 g/mol. The predicted molar refractivity (Wildman–Crippen MR) is 33.8 cm³/mol. The number of nitrogens with one attached hydrogen (secondary N) is 1. The lowest BCUT2D eigenvalue weighted by Crippen LogP contribution is -1.88. The second kappa shape index (κ2) is 1.99. The number of hydrogen-bond acceptors (Lipinski definition) is 2. The molecule has 7 heavy (non-hydrogen) atoms. The molecule has 0 aromatic rings. The molecule has 0 aliphatic heterocycles. The van der Waals surface area contributed by atoms with Gasteiger partial charge in [0.2, 0.25) is 0 Å². The van der Waals surface area contributed by atoms with E-state index >= 15 is 0 Å². The average Bonchev–Trinajstić information content (AvgIpc) is 1.68. The Balaban J connectivity index is 3.91. The third-order valence-electron chi connectivity index (χ3n) is 0.530. The molecule has 0 saturated heterocycles. The van der Waals surface area contributed by atoms with E-state index in [1.807, 2.05) is 5.40 Å². The van der Waals surface area contributed by atoms with Gasteiger partial charge in [0.15, 0.2) is 0 Å². The van der Waals surface area contributed by atoms with E-state index in [0.717, 1.165) is 0 Å². The molecule has 0 amide bonds. The van der Waals surface area contributed by atoms with Gasteiger partial charge in [0.1, 0.15) is 5.40 Å². The van der Waals surface area contributed by atoms with E-state index in [9.17, 15) is 0 Å². The number of nitriles is 1. The van der Waals surface area contributed by atoms with Crippen LogP contribution in [0.4, 0.5) is 0 Å². The fraction of sp³-hybridized carbons (Fsp3) is 0.500. The fourth-order valence-electron chi connectivity index (χ4n) is 0.0264. The van der Waals surface area contributed by atoms with Gasteiger partial charge in [-0.3, -0.25) is 0 Å². The van der Waals surface area contributed by atoms with E-state index in [0.29, 0.717) is 0 Å². The van der Waals surface area contributed by atoms with Gasteiger partial charge in [-0.05, 0) is 12.5 Å². The van der Waals surface area contributed by atoms with Gasteiger partial charge in [0.05, 0.1) is 0 Å². The van der Waals surface area contributed by atoms with Crippen LogP contribution in [-0.4, -0.2) is 18.1 Å². The van der Waals surface area contributed by atoms with Crippen molar-refractivity contribution in [2.45, 2.75) is 0 Å². The minimum atomic E-state index is -1.31. The normalized spacial score (nSPS) is 12.1. The van der Waals surface area contributed by atoms with Crippen LogP contribution in [0.2, 0.25) is 0 Å². The number of thiocyanates is 1. The minimum absolute atomic E-state index is 1.22. The first-order chi connectivity index (χ1) is 3.12. The van der Waals surface area contributed by atoms with Crippen molar-refractivity contribution in [1.82, 2.24) is 0 Å². The van der Waals surface area contributed by atoms with E-state index in [1.165, 1.54) is 5.55 Å². The van der Waals surface area contributed by atoms with E-state index in [2.05, 4.69) is 0 Å². The summed E-state index contributed by atoms with van der Waals surface area (Å²) >= 11 is 0. The Morgan fingerprint density at radius 1 is 1.71 bits per heavy atom. The SMILES string of the molecule is CS(C)(C#N)C=N. The standard InChI is InChI=1S/C4H8N2S/c1-7(2,3-5)4-6/h3,5H,1-2H3. The number of rotatable bonds is 1. The summed E-state index contributed by atoms with van der Waals surface area (Å²) in [7, 11) is -1.31. The monoisotopic (exact) mass is 116 g/mol.